The first kappa shape index (κ1) is 18.7. The molecule has 1 aromatic carbocycles. The van der Waals surface area contributed by atoms with E-state index in [2.05, 4.69) is 5.32 Å². The second-order valence-corrected chi connectivity index (χ2v) is 5.25. The highest BCUT2D eigenvalue weighted by atomic mass is 35.5. The molecule has 0 radical (unpaired) electrons. The van der Waals surface area contributed by atoms with Gasteiger partial charge in [0, 0.05) is 11.1 Å². The highest BCUT2D eigenvalue weighted by molar-refractivity contribution is 6.30. The van der Waals surface area contributed by atoms with Crippen molar-refractivity contribution in [2.45, 2.75) is 38.8 Å². The van der Waals surface area contributed by atoms with E-state index < -0.39 is 28.9 Å². The van der Waals surface area contributed by atoms with Crippen LogP contribution in [0.2, 0.25) is 5.02 Å². The number of carbonyl (C=O) groups excluding carboxylic acids is 1. The summed E-state index contributed by atoms with van der Waals surface area (Å²) in [4.78, 5) is 33.3. The number of halogens is 1. The number of nitro groups is 1. The third-order valence-corrected chi connectivity index (χ3v) is 3.22. The monoisotopic (exact) mass is 344 g/mol. The summed E-state index contributed by atoms with van der Waals surface area (Å²) in [7, 11) is 0. The summed E-state index contributed by atoms with van der Waals surface area (Å²) in [5.74, 6) is -1.94. The van der Waals surface area contributed by atoms with Gasteiger partial charge in [-0.05, 0) is 25.5 Å². The van der Waals surface area contributed by atoms with Gasteiger partial charge in [-0.2, -0.15) is 0 Å². The van der Waals surface area contributed by atoms with Crippen molar-refractivity contribution in [3.63, 3.8) is 0 Å². The molecule has 0 aliphatic carbocycles. The maximum Gasteiger partial charge on any atom is 0.326 e. The Morgan fingerprint density at radius 1 is 1.48 bits per heavy atom. The molecule has 2 unspecified atom stereocenters. The molecule has 0 aliphatic heterocycles. The zero-order chi connectivity index (χ0) is 17.6. The fraction of sp³-hybridized carbons (Fsp3) is 0.429. The Hall–Kier alpha value is -2.35. The van der Waals surface area contributed by atoms with E-state index in [0.29, 0.717) is 6.42 Å². The van der Waals surface area contributed by atoms with Crippen LogP contribution in [-0.2, 0) is 9.59 Å². The first-order chi connectivity index (χ1) is 10.8. The maximum absolute atomic E-state index is 12.0. The molecule has 2 N–H and O–H groups in total. The van der Waals surface area contributed by atoms with Gasteiger partial charge in [0.05, 0.1) is 4.92 Å². The van der Waals surface area contributed by atoms with Crippen molar-refractivity contribution >= 4 is 29.2 Å². The lowest BCUT2D eigenvalue weighted by Gasteiger charge is -2.18. The van der Waals surface area contributed by atoms with E-state index in [1.54, 1.807) is 6.92 Å². The lowest BCUT2D eigenvalue weighted by Crippen LogP contribution is -2.46. The molecule has 0 saturated carbocycles. The summed E-state index contributed by atoms with van der Waals surface area (Å²) in [6, 6.07) is 2.76. The largest absolute Gasteiger partial charge is 0.480 e. The molecule has 0 bridgehead atoms. The van der Waals surface area contributed by atoms with E-state index in [1.165, 1.54) is 19.1 Å². The molecule has 126 valence electrons. The first-order valence-electron chi connectivity index (χ1n) is 6.90. The number of carboxylic acid groups (broad SMARTS) is 1. The van der Waals surface area contributed by atoms with Gasteiger partial charge in [0.15, 0.2) is 11.9 Å². The molecule has 2 atom stereocenters. The van der Waals surface area contributed by atoms with Crippen LogP contribution in [0, 0.1) is 10.1 Å². The Balaban J connectivity index is 2.83. The number of nitrogens with zero attached hydrogens (tertiary/aromatic N) is 1. The second-order valence-electron chi connectivity index (χ2n) is 4.82. The third-order valence-electron chi connectivity index (χ3n) is 2.98. The first-order valence-corrected chi connectivity index (χ1v) is 7.27. The lowest BCUT2D eigenvalue weighted by molar-refractivity contribution is -0.386. The van der Waals surface area contributed by atoms with Gasteiger partial charge in [0.2, 0.25) is 0 Å². The summed E-state index contributed by atoms with van der Waals surface area (Å²) in [5, 5.41) is 22.5. The molecule has 1 rings (SSSR count). The molecule has 0 saturated heterocycles. The van der Waals surface area contributed by atoms with Crippen LogP contribution in [0.25, 0.3) is 0 Å². The number of hydrogen-bond donors (Lipinski definition) is 2. The number of aliphatic carboxylic acids is 1. The van der Waals surface area contributed by atoms with Crippen LogP contribution in [0.3, 0.4) is 0 Å². The predicted octanol–water partition coefficient (Wildman–Crippen LogP) is 2.38. The van der Waals surface area contributed by atoms with Gasteiger partial charge in [-0.15, -0.1) is 0 Å². The van der Waals surface area contributed by atoms with Crippen LogP contribution >= 0.6 is 11.6 Å². The van der Waals surface area contributed by atoms with Crippen LogP contribution in [-0.4, -0.2) is 34.1 Å². The zero-order valence-corrected chi connectivity index (χ0v) is 13.4. The van der Waals surface area contributed by atoms with Gasteiger partial charge in [-0.25, -0.2) is 4.79 Å². The molecule has 1 aromatic rings. The van der Waals surface area contributed by atoms with Gasteiger partial charge in [0.1, 0.15) is 6.04 Å². The number of ether oxygens (including phenoxy) is 1. The Morgan fingerprint density at radius 2 is 2.13 bits per heavy atom. The molecule has 0 spiro atoms. The van der Waals surface area contributed by atoms with E-state index in [0.717, 1.165) is 6.07 Å². The number of rotatable bonds is 8. The van der Waals surface area contributed by atoms with Crippen LogP contribution in [0.15, 0.2) is 18.2 Å². The van der Waals surface area contributed by atoms with E-state index in [9.17, 15) is 19.7 Å². The van der Waals surface area contributed by atoms with Crippen LogP contribution < -0.4 is 10.1 Å². The number of nitro benzene ring substituents is 1. The molecule has 9 heteroatoms. The molecule has 1 amide bonds. The minimum atomic E-state index is -1.15. The minimum absolute atomic E-state index is 0.121. The number of nitrogens with one attached hydrogen (secondary N) is 1. The van der Waals surface area contributed by atoms with E-state index in [-0.39, 0.29) is 22.9 Å². The third kappa shape index (κ3) is 5.41. The molecule has 0 aromatic heterocycles. The number of carboxylic acids is 1. The van der Waals surface area contributed by atoms with Gasteiger partial charge < -0.3 is 15.2 Å². The number of carbonyl (C=O) groups is 2. The normalized spacial score (nSPS) is 13.0. The smallest absolute Gasteiger partial charge is 0.326 e. The topological polar surface area (TPSA) is 119 Å². The quantitative estimate of drug-likeness (QED) is 0.552. The molecule has 0 fully saturated rings. The Labute approximate surface area is 137 Å². The maximum atomic E-state index is 12.0. The Morgan fingerprint density at radius 3 is 2.65 bits per heavy atom. The van der Waals surface area contributed by atoms with Crippen LogP contribution in [0.4, 0.5) is 5.69 Å². The summed E-state index contributed by atoms with van der Waals surface area (Å²) in [6.07, 6.45) is -0.252. The van der Waals surface area contributed by atoms with Crippen LogP contribution in [0.5, 0.6) is 5.75 Å². The zero-order valence-electron chi connectivity index (χ0n) is 12.6. The Kier molecular flexibility index (Phi) is 6.77. The fourth-order valence-corrected chi connectivity index (χ4v) is 1.98. The minimum Gasteiger partial charge on any atom is -0.480 e. The molecule has 8 nitrogen and oxygen atoms in total. The molecule has 23 heavy (non-hydrogen) atoms. The highest BCUT2D eigenvalue weighted by Gasteiger charge is 2.25. The van der Waals surface area contributed by atoms with Gasteiger partial charge >= 0.3 is 11.7 Å². The number of amides is 1. The lowest BCUT2D eigenvalue weighted by atomic mass is 10.1. The van der Waals surface area contributed by atoms with E-state index >= 15 is 0 Å². The summed E-state index contributed by atoms with van der Waals surface area (Å²) in [5.41, 5.74) is -0.375. The SMILES string of the molecule is CCCC(NC(=O)C(C)Oc1ccc(Cl)cc1[N+](=O)[O-])C(=O)O. The summed E-state index contributed by atoms with van der Waals surface area (Å²) >= 11 is 5.69. The molecular formula is C14H17ClN2O6. The second kappa shape index (κ2) is 8.33. The average Bonchev–Trinajstić information content (AvgIpc) is 2.47. The number of benzene rings is 1. The Bertz CT molecular complexity index is 607. The molecule has 0 heterocycles. The standard InChI is InChI=1S/C14H17ClN2O6/c1-3-4-10(14(19)20)16-13(18)8(2)23-12-6-5-9(15)7-11(12)17(21)22/h5-8,10H,3-4H2,1-2H3,(H,16,18)(H,19,20). The van der Waals surface area contributed by atoms with Crippen molar-refractivity contribution in [3.05, 3.63) is 33.3 Å². The van der Waals surface area contributed by atoms with Crippen molar-refractivity contribution in [1.82, 2.24) is 5.32 Å². The van der Waals surface area contributed by atoms with E-state index in [4.69, 9.17) is 21.4 Å². The molecular weight excluding hydrogens is 328 g/mol. The fourth-order valence-electron chi connectivity index (χ4n) is 1.81. The van der Waals surface area contributed by atoms with Gasteiger partial charge in [-0.1, -0.05) is 24.9 Å². The van der Waals surface area contributed by atoms with Crippen molar-refractivity contribution < 1.29 is 24.4 Å². The van der Waals surface area contributed by atoms with Crippen molar-refractivity contribution in [1.29, 1.82) is 0 Å². The summed E-state index contributed by atoms with van der Waals surface area (Å²) < 4.78 is 5.28. The number of hydrogen-bond acceptors (Lipinski definition) is 5. The molecule has 0 aliphatic rings. The van der Waals surface area contributed by atoms with E-state index in [1.807, 2.05) is 0 Å². The van der Waals surface area contributed by atoms with Gasteiger partial charge in [0.25, 0.3) is 5.91 Å². The van der Waals surface area contributed by atoms with Gasteiger partial charge in [-0.3, -0.25) is 14.9 Å². The average molecular weight is 345 g/mol. The predicted molar refractivity (Wildman–Crippen MR) is 82.7 cm³/mol. The van der Waals surface area contributed by atoms with Crippen molar-refractivity contribution in [2.75, 3.05) is 0 Å². The van der Waals surface area contributed by atoms with Crippen LogP contribution in [0.1, 0.15) is 26.7 Å². The highest BCUT2D eigenvalue weighted by Crippen LogP contribution is 2.30. The van der Waals surface area contributed by atoms with Crippen molar-refractivity contribution in [3.8, 4) is 5.75 Å². The summed E-state index contributed by atoms with van der Waals surface area (Å²) in [6.45, 7) is 3.16. The van der Waals surface area contributed by atoms with Crippen molar-refractivity contribution in [2.24, 2.45) is 0 Å².